The number of aliphatic hydroxyl groups excluding tert-OH is 1. The summed E-state index contributed by atoms with van der Waals surface area (Å²) in [6.45, 7) is 47.8. The van der Waals surface area contributed by atoms with Gasteiger partial charge in [-0.25, -0.2) is 24.0 Å². The Morgan fingerprint density at radius 3 is 0.882 bits per heavy atom. The largest absolute Gasteiger partial charge is 0.481 e. The molecule has 0 aromatic rings. The predicted molar refractivity (Wildman–Crippen MR) is 458 cm³/mol. The van der Waals surface area contributed by atoms with E-state index in [-0.39, 0.29) is 164 Å². The van der Waals surface area contributed by atoms with E-state index >= 15 is 0 Å². The normalized spacial score (nSPS) is 14.0. The van der Waals surface area contributed by atoms with Gasteiger partial charge in [-0.15, -0.1) is 0 Å². The maximum Gasteiger partial charge on any atom is 0.333 e. The second kappa shape index (κ2) is 71.7. The van der Waals surface area contributed by atoms with Gasteiger partial charge in [-0.1, -0.05) is 91.3 Å². The van der Waals surface area contributed by atoms with Gasteiger partial charge in [-0.2, -0.15) is 0 Å². The van der Waals surface area contributed by atoms with Crippen molar-refractivity contribution in [2.75, 3.05) is 148 Å². The summed E-state index contributed by atoms with van der Waals surface area (Å²) >= 11 is 0. The lowest BCUT2D eigenvalue weighted by atomic mass is 9.69. The third-order valence-corrected chi connectivity index (χ3v) is 18.1. The first-order chi connectivity index (χ1) is 52.3. The third kappa shape index (κ3) is 62.8. The lowest BCUT2D eigenvalue weighted by Crippen LogP contribution is -2.39. The van der Waals surface area contributed by atoms with E-state index in [4.69, 9.17) is 76.2 Å². The smallest absolute Gasteiger partial charge is 0.333 e. The van der Waals surface area contributed by atoms with Gasteiger partial charge in [0.1, 0.15) is 51.8 Å². The van der Waals surface area contributed by atoms with Crippen molar-refractivity contribution in [3.05, 3.63) is 60.8 Å². The minimum atomic E-state index is -1.31. The van der Waals surface area contributed by atoms with E-state index in [9.17, 15) is 72.9 Å². The van der Waals surface area contributed by atoms with E-state index in [1.165, 1.54) is 35.2 Å². The fraction of sp³-hybridized carbons (Fsp3) is 0.747. The summed E-state index contributed by atoms with van der Waals surface area (Å²) in [7, 11) is 8.69. The van der Waals surface area contributed by atoms with E-state index in [1.54, 1.807) is 104 Å². The zero-order valence-corrected chi connectivity index (χ0v) is 71.7. The van der Waals surface area contributed by atoms with Crippen LogP contribution in [0.25, 0.3) is 0 Å². The lowest BCUT2D eigenvalue weighted by molar-refractivity contribution is -0.165. The number of carbonyl (C=O) groups excluding carboxylic acids is 9. The summed E-state index contributed by atoms with van der Waals surface area (Å²) in [4.78, 5) is 141. The van der Waals surface area contributed by atoms with E-state index in [0.717, 1.165) is 0 Å². The van der Waals surface area contributed by atoms with Crippen molar-refractivity contribution in [2.24, 2.45) is 37.9 Å². The molecule has 702 valence electrons. The van der Waals surface area contributed by atoms with Crippen LogP contribution in [-0.4, -0.2) is 253 Å². The number of epoxide rings is 1. The van der Waals surface area contributed by atoms with Crippen molar-refractivity contribution in [2.45, 2.75) is 245 Å². The molecule has 0 aliphatic carbocycles. The van der Waals surface area contributed by atoms with Crippen LogP contribution in [0, 0.1) is 37.9 Å². The molecule has 0 saturated carbocycles. The Kier molecular flexibility index (Phi) is 81.0. The maximum atomic E-state index is 13.6. The molecule has 32 heteroatoms. The molecule has 0 radical (unpaired) electrons. The third-order valence-electron chi connectivity index (χ3n) is 18.1. The number of carboxylic acid groups (broad SMARTS) is 3. The van der Waals surface area contributed by atoms with Gasteiger partial charge in [0.05, 0.1) is 125 Å². The SMILES string of the molecule is C.C.C.C.C.C.C=C(C)C(=O)O.C=C(C)C(=O)OC.C=C(C)C(=O)OCC(O)COC(=O)C(C)(CCC(C)(C)C(=O)OCCOCCOC)CCC(C)(CCC(C)(CC)C(=O)OC)C(=O)O.C=C(C)C(=O)OCC1CO1.C=C(C)C(=O)OCCOCCOC.CCC(C)(CCC(C)(CCC(C)(C)C(=O)OCCOCCOC)C(=O)O)C(=O)OC. The highest BCUT2D eigenvalue weighted by Crippen LogP contribution is 2.44. The number of carbonyl (C=O) groups is 12. The van der Waals surface area contributed by atoms with Crippen molar-refractivity contribution >= 4 is 71.6 Å². The molecule has 0 amide bonds. The molecule has 1 heterocycles. The van der Waals surface area contributed by atoms with Gasteiger partial charge < -0.3 is 96.2 Å². The number of esters is 9. The number of ether oxygens (including phenoxy) is 16. The monoisotopic (exact) mass is 1720 g/mol. The van der Waals surface area contributed by atoms with Crippen molar-refractivity contribution < 1.29 is 154 Å². The molecule has 1 aliphatic heterocycles. The molecule has 1 rings (SSSR count). The Bertz CT molecular complexity index is 2960. The molecule has 7 unspecified atom stereocenters. The molecule has 0 aromatic heterocycles. The van der Waals surface area contributed by atoms with E-state index in [0.29, 0.717) is 108 Å². The van der Waals surface area contributed by atoms with Crippen LogP contribution in [-0.2, 0) is 133 Å². The predicted octanol–water partition coefficient (Wildman–Crippen LogP) is 14.2. The molecule has 0 aromatic carbocycles. The van der Waals surface area contributed by atoms with E-state index in [1.807, 2.05) is 13.8 Å². The van der Waals surface area contributed by atoms with Gasteiger partial charge in [-0.3, -0.25) is 33.6 Å². The number of hydrogen-bond donors (Lipinski definition) is 4. The van der Waals surface area contributed by atoms with Gasteiger partial charge in [0.15, 0.2) is 0 Å². The van der Waals surface area contributed by atoms with Crippen molar-refractivity contribution in [3.8, 4) is 0 Å². The average Bonchev–Trinajstić information content (AvgIpc) is 1.06. The number of methoxy groups -OCH3 is 6. The Morgan fingerprint density at radius 2 is 0.613 bits per heavy atom. The summed E-state index contributed by atoms with van der Waals surface area (Å²) in [6, 6.07) is 0. The van der Waals surface area contributed by atoms with Crippen LogP contribution in [0.4, 0.5) is 0 Å². The second-order valence-electron chi connectivity index (χ2n) is 29.7. The molecule has 32 nitrogen and oxygen atoms in total. The van der Waals surface area contributed by atoms with Crippen LogP contribution in [0.1, 0.15) is 232 Å². The summed E-state index contributed by atoms with van der Waals surface area (Å²) in [6.07, 6.45) is 2.01. The number of aliphatic carboxylic acids is 3. The number of carboxylic acids is 3. The van der Waals surface area contributed by atoms with Gasteiger partial charge >= 0.3 is 71.6 Å². The van der Waals surface area contributed by atoms with Crippen LogP contribution in [0.5, 0.6) is 0 Å². The lowest BCUT2D eigenvalue weighted by Gasteiger charge is -2.35. The van der Waals surface area contributed by atoms with Crippen LogP contribution in [0.15, 0.2) is 60.8 Å². The highest BCUT2D eigenvalue weighted by molar-refractivity contribution is 5.88. The van der Waals surface area contributed by atoms with Crippen LogP contribution >= 0.6 is 0 Å². The van der Waals surface area contributed by atoms with Crippen LogP contribution in [0.3, 0.4) is 0 Å². The first-order valence-electron chi connectivity index (χ1n) is 37.1. The Hall–Kier alpha value is -7.98. The molecular formula is C87H162O32. The van der Waals surface area contributed by atoms with Crippen molar-refractivity contribution in [1.82, 2.24) is 0 Å². The molecule has 7 atom stereocenters. The Labute approximate surface area is 714 Å². The minimum absolute atomic E-state index is 0. The quantitative estimate of drug-likeness (QED) is 0.0144. The van der Waals surface area contributed by atoms with E-state index < -0.39 is 105 Å². The molecular weight excluding hydrogens is 1560 g/mol. The number of rotatable bonds is 53. The molecule has 4 N–H and O–H groups in total. The zero-order valence-electron chi connectivity index (χ0n) is 71.7. The number of hydrogen-bond acceptors (Lipinski definition) is 29. The van der Waals surface area contributed by atoms with Crippen molar-refractivity contribution in [1.29, 1.82) is 0 Å². The first kappa shape index (κ1) is 134. The Morgan fingerprint density at radius 1 is 0.345 bits per heavy atom. The minimum Gasteiger partial charge on any atom is -0.481 e. The zero-order chi connectivity index (χ0) is 88.6. The van der Waals surface area contributed by atoms with Crippen LogP contribution in [0.2, 0.25) is 0 Å². The van der Waals surface area contributed by atoms with E-state index in [2.05, 4.69) is 37.6 Å². The molecule has 1 saturated heterocycles. The van der Waals surface area contributed by atoms with Gasteiger partial charge in [0.25, 0.3) is 0 Å². The summed E-state index contributed by atoms with van der Waals surface area (Å²) in [5.74, 6) is -7.08. The highest BCUT2D eigenvalue weighted by Gasteiger charge is 2.46. The highest BCUT2D eigenvalue weighted by atomic mass is 16.6. The van der Waals surface area contributed by atoms with Gasteiger partial charge in [0.2, 0.25) is 0 Å². The Balaban J connectivity index is -0.000000152. The fourth-order valence-electron chi connectivity index (χ4n) is 8.53. The molecule has 1 aliphatic rings. The standard InChI is InChI=1S/C34H58O13.C22H40O8.C9H16O4.C7H10O3.C5H8O2.C4H6O2.6CH4/c1-11-32(6,29(40)43-10)14-15-33(7,27(37)38)16-17-34(8,30(41)47-23-25(35)22-46-26(36)24(2)3)13-12-31(4,5)28(39)45-21-20-44-19-18-42-9;1-8-21(4,19(26)28-7)11-12-22(5,17(23)24)10-9-20(2,3)18(25)30-16-15-29-14-13-27-6;1-8(2)9(10)13-7-6-12-5-4-11-3;1-5(2)7(8)10-4-6-3-9-6;1-4(2)5(6)7-3;1-3(2)4(5)6;;;;;;/h25,35H,2,11-23H2,1,3-10H3,(H,37,38);8-16H2,1-7H3,(H,23,24);1,4-7H2,2-3H3;6H,1,3-4H2,2H3;1H2,2-3H3;1H2,2H3,(H,5,6);6*1H4. The fourth-order valence-corrected chi connectivity index (χ4v) is 8.53. The maximum absolute atomic E-state index is 13.6. The topological polar surface area (TPSA) is 437 Å². The van der Waals surface area contributed by atoms with Crippen LogP contribution < -0.4 is 0 Å². The summed E-state index contributed by atoms with van der Waals surface area (Å²) in [5.41, 5.74) is -5.51. The van der Waals surface area contributed by atoms with Gasteiger partial charge in [0, 0.05) is 49.2 Å². The summed E-state index contributed by atoms with van der Waals surface area (Å²) < 4.78 is 79.7. The average molecular weight is 1720 g/mol. The van der Waals surface area contributed by atoms with Gasteiger partial charge in [-0.05, 0) is 174 Å². The number of aliphatic hydroxyl groups is 1. The molecule has 1 fully saturated rings. The van der Waals surface area contributed by atoms with Crippen molar-refractivity contribution in [3.63, 3.8) is 0 Å². The summed E-state index contributed by atoms with van der Waals surface area (Å²) in [5, 5.41) is 38.2. The first-order valence-corrected chi connectivity index (χ1v) is 37.1. The second-order valence-corrected chi connectivity index (χ2v) is 29.7. The molecule has 0 spiro atoms. The molecule has 0 bridgehead atoms. The molecule has 119 heavy (non-hydrogen) atoms.